The zero-order valence-electron chi connectivity index (χ0n) is 12.0. The van der Waals surface area contributed by atoms with Crippen LogP contribution in [-0.2, 0) is 6.54 Å². The van der Waals surface area contributed by atoms with Gasteiger partial charge in [0.1, 0.15) is 0 Å². The molecule has 1 heterocycles. The van der Waals surface area contributed by atoms with Crippen molar-refractivity contribution in [2.24, 2.45) is 0 Å². The van der Waals surface area contributed by atoms with E-state index in [4.69, 9.17) is 0 Å². The molecule has 0 fully saturated rings. The number of rotatable bonds is 7. The fourth-order valence-corrected chi connectivity index (χ4v) is 2.16. The van der Waals surface area contributed by atoms with Crippen LogP contribution in [0.4, 0.5) is 0 Å². The summed E-state index contributed by atoms with van der Waals surface area (Å²) in [6.45, 7) is 11.9. The van der Waals surface area contributed by atoms with Gasteiger partial charge in [-0.2, -0.15) is 5.10 Å². The highest BCUT2D eigenvalue weighted by molar-refractivity contribution is 5.00. The SMILES string of the molecule is CCC(CC)(CC)NCc1ccn(C(C)C)n1. The van der Waals surface area contributed by atoms with Gasteiger partial charge in [0.2, 0.25) is 0 Å². The van der Waals surface area contributed by atoms with E-state index in [1.807, 2.05) is 4.68 Å². The summed E-state index contributed by atoms with van der Waals surface area (Å²) >= 11 is 0. The van der Waals surface area contributed by atoms with E-state index in [1.54, 1.807) is 0 Å². The first-order valence-electron chi connectivity index (χ1n) is 6.86. The number of hydrogen-bond acceptors (Lipinski definition) is 2. The van der Waals surface area contributed by atoms with E-state index in [-0.39, 0.29) is 5.54 Å². The molecule has 1 N–H and O–H groups in total. The highest BCUT2D eigenvalue weighted by atomic mass is 15.3. The molecular weight excluding hydrogens is 210 g/mol. The van der Waals surface area contributed by atoms with Crippen LogP contribution in [0.2, 0.25) is 0 Å². The first-order valence-corrected chi connectivity index (χ1v) is 6.86. The van der Waals surface area contributed by atoms with Gasteiger partial charge in [-0.05, 0) is 39.2 Å². The van der Waals surface area contributed by atoms with Gasteiger partial charge in [0.15, 0.2) is 0 Å². The quantitative estimate of drug-likeness (QED) is 0.786. The van der Waals surface area contributed by atoms with E-state index in [0.29, 0.717) is 6.04 Å². The lowest BCUT2D eigenvalue weighted by molar-refractivity contribution is 0.286. The third-order valence-corrected chi connectivity index (χ3v) is 3.87. The van der Waals surface area contributed by atoms with E-state index in [2.05, 4.69) is 57.3 Å². The minimum atomic E-state index is 0.279. The Balaban J connectivity index is 2.59. The monoisotopic (exact) mass is 237 g/mol. The molecule has 1 aromatic heterocycles. The van der Waals surface area contributed by atoms with Crippen LogP contribution >= 0.6 is 0 Å². The molecule has 0 amide bonds. The van der Waals surface area contributed by atoms with Crippen LogP contribution in [0.3, 0.4) is 0 Å². The summed E-state index contributed by atoms with van der Waals surface area (Å²) in [5.41, 5.74) is 1.42. The van der Waals surface area contributed by atoms with E-state index in [9.17, 15) is 0 Å². The first-order chi connectivity index (χ1) is 8.06. The van der Waals surface area contributed by atoms with Gasteiger partial charge in [-0.15, -0.1) is 0 Å². The first kappa shape index (κ1) is 14.2. The summed E-state index contributed by atoms with van der Waals surface area (Å²) in [5, 5.41) is 8.24. The second-order valence-corrected chi connectivity index (χ2v) is 5.08. The van der Waals surface area contributed by atoms with Gasteiger partial charge in [-0.3, -0.25) is 4.68 Å². The van der Waals surface area contributed by atoms with Crippen molar-refractivity contribution in [3.8, 4) is 0 Å². The van der Waals surface area contributed by atoms with Crippen LogP contribution in [-0.4, -0.2) is 15.3 Å². The molecule has 17 heavy (non-hydrogen) atoms. The molecule has 0 radical (unpaired) electrons. The molecule has 0 unspecified atom stereocenters. The minimum absolute atomic E-state index is 0.279. The Kier molecular flexibility index (Phi) is 5.19. The summed E-state index contributed by atoms with van der Waals surface area (Å²) in [4.78, 5) is 0. The lowest BCUT2D eigenvalue weighted by Gasteiger charge is -2.31. The molecule has 98 valence electrons. The van der Waals surface area contributed by atoms with Crippen molar-refractivity contribution in [3.63, 3.8) is 0 Å². The van der Waals surface area contributed by atoms with Crippen molar-refractivity contribution in [2.45, 2.75) is 72.0 Å². The molecule has 0 saturated carbocycles. The van der Waals surface area contributed by atoms with Crippen LogP contribution in [0, 0.1) is 0 Å². The second kappa shape index (κ2) is 6.20. The van der Waals surface area contributed by atoms with Crippen LogP contribution in [0.5, 0.6) is 0 Å². The Bertz CT molecular complexity index is 316. The van der Waals surface area contributed by atoms with Crippen molar-refractivity contribution in [1.29, 1.82) is 0 Å². The molecule has 0 aliphatic carbocycles. The van der Waals surface area contributed by atoms with Gasteiger partial charge >= 0.3 is 0 Å². The topological polar surface area (TPSA) is 29.9 Å². The third-order valence-electron chi connectivity index (χ3n) is 3.87. The molecule has 0 aliphatic heterocycles. The Hall–Kier alpha value is -0.830. The lowest BCUT2D eigenvalue weighted by atomic mass is 9.90. The summed E-state index contributed by atoms with van der Waals surface area (Å²) in [7, 11) is 0. The smallest absolute Gasteiger partial charge is 0.0762 e. The number of hydrogen-bond donors (Lipinski definition) is 1. The van der Waals surface area contributed by atoms with E-state index in [1.165, 1.54) is 19.3 Å². The highest BCUT2D eigenvalue weighted by Crippen LogP contribution is 2.19. The normalized spacial score (nSPS) is 12.4. The van der Waals surface area contributed by atoms with E-state index < -0.39 is 0 Å². The molecule has 0 aromatic carbocycles. The maximum atomic E-state index is 4.57. The van der Waals surface area contributed by atoms with E-state index in [0.717, 1.165) is 12.2 Å². The summed E-state index contributed by atoms with van der Waals surface area (Å²) < 4.78 is 2.02. The lowest BCUT2D eigenvalue weighted by Crippen LogP contribution is -2.43. The second-order valence-electron chi connectivity index (χ2n) is 5.08. The molecule has 1 aromatic rings. The van der Waals surface area contributed by atoms with Crippen molar-refractivity contribution in [3.05, 3.63) is 18.0 Å². The van der Waals surface area contributed by atoms with Crippen LogP contribution < -0.4 is 5.32 Å². The van der Waals surface area contributed by atoms with Crippen LogP contribution in [0.15, 0.2) is 12.3 Å². The van der Waals surface area contributed by atoms with Crippen molar-refractivity contribution in [2.75, 3.05) is 0 Å². The number of nitrogens with zero attached hydrogens (tertiary/aromatic N) is 2. The predicted molar refractivity (Wildman–Crippen MR) is 73.1 cm³/mol. The van der Waals surface area contributed by atoms with Crippen molar-refractivity contribution in [1.82, 2.24) is 15.1 Å². The largest absolute Gasteiger partial charge is 0.306 e. The van der Waals surface area contributed by atoms with Crippen LogP contribution in [0.1, 0.15) is 65.6 Å². The molecule has 0 saturated heterocycles. The summed E-state index contributed by atoms with van der Waals surface area (Å²) in [6.07, 6.45) is 5.58. The van der Waals surface area contributed by atoms with Crippen LogP contribution in [0.25, 0.3) is 0 Å². The fraction of sp³-hybridized carbons (Fsp3) is 0.786. The average Bonchev–Trinajstić information content (AvgIpc) is 2.81. The molecule has 3 nitrogen and oxygen atoms in total. The van der Waals surface area contributed by atoms with Gasteiger partial charge in [-0.1, -0.05) is 20.8 Å². The average molecular weight is 237 g/mol. The Morgan fingerprint density at radius 1 is 1.24 bits per heavy atom. The van der Waals surface area contributed by atoms with Gasteiger partial charge < -0.3 is 5.32 Å². The van der Waals surface area contributed by atoms with Crippen molar-refractivity contribution >= 4 is 0 Å². The van der Waals surface area contributed by atoms with Gasteiger partial charge in [0, 0.05) is 24.3 Å². The molecule has 0 atom stereocenters. The zero-order chi connectivity index (χ0) is 12.9. The van der Waals surface area contributed by atoms with Crippen molar-refractivity contribution < 1.29 is 0 Å². The maximum Gasteiger partial charge on any atom is 0.0762 e. The predicted octanol–water partition coefficient (Wildman–Crippen LogP) is 3.52. The van der Waals surface area contributed by atoms with Gasteiger partial charge in [0.05, 0.1) is 5.69 Å². The Morgan fingerprint density at radius 2 is 1.82 bits per heavy atom. The fourth-order valence-electron chi connectivity index (χ4n) is 2.16. The molecule has 0 bridgehead atoms. The molecule has 3 heteroatoms. The van der Waals surface area contributed by atoms with Gasteiger partial charge in [0.25, 0.3) is 0 Å². The number of nitrogens with one attached hydrogen (secondary N) is 1. The highest BCUT2D eigenvalue weighted by Gasteiger charge is 2.22. The van der Waals surface area contributed by atoms with E-state index >= 15 is 0 Å². The molecule has 0 spiro atoms. The number of aromatic nitrogens is 2. The molecule has 0 aliphatic rings. The summed E-state index contributed by atoms with van der Waals surface area (Å²) in [6, 6.07) is 2.55. The molecular formula is C14H27N3. The van der Waals surface area contributed by atoms with Gasteiger partial charge in [-0.25, -0.2) is 0 Å². The standard InChI is InChI=1S/C14H27N3/c1-6-14(7-2,8-3)15-11-13-9-10-17(16-13)12(4)5/h9-10,12,15H,6-8,11H2,1-5H3. The third kappa shape index (κ3) is 3.56. The Morgan fingerprint density at radius 3 is 2.24 bits per heavy atom. The molecule has 1 rings (SSSR count). The minimum Gasteiger partial charge on any atom is -0.306 e. The zero-order valence-corrected chi connectivity index (χ0v) is 12.0. The summed E-state index contributed by atoms with van der Waals surface area (Å²) in [5.74, 6) is 0. The Labute approximate surface area is 106 Å². The maximum absolute atomic E-state index is 4.57.